The van der Waals surface area contributed by atoms with Crippen LogP contribution in [0.3, 0.4) is 0 Å². The predicted molar refractivity (Wildman–Crippen MR) is 71.3 cm³/mol. The minimum absolute atomic E-state index is 0.637. The number of para-hydroxylation sites is 1. The zero-order chi connectivity index (χ0) is 12.3. The fraction of sp³-hybridized carbons (Fsp3) is 0.231. The number of rotatable bonds is 3. The standard InChI is InChI=1S/C13H13N3S/c1-2-3-4-8-16-11-7-5-6-10(9-14)12(11)15-13(16)17/h2-3,5-7H,4,8H2,1H3,(H,15,17)/b3-2+. The van der Waals surface area contributed by atoms with E-state index < -0.39 is 0 Å². The van der Waals surface area contributed by atoms with Crippen LogP contribution in [0.15, 0.2) is 30.4 Å². The minimum Gasteiger partial charge on any atom is -0.329 e. The highest BCUT2D eigenvalue weighted by Gasteiger charge is 2.06. The normalized spacial score (nSPS) is 11.1. The first kappa shape index (κ1) is 11.6. The molecule has 1 heterocycles. The molecule has 4 heteroatoms. The molecule has 0 saturated heterocycles. The van der Waals surface area contributed by atoms with E-state index in [9.17, 15) is 0 Å². The van der Waals surface area contributed by atoms with Gasteiger partial charge >= 0.3 is 0 Å². The molecule has 0 atom stereocenters. The first-order valence-corrected chi connectivity index (χ1v) is 5.91. The summed E-state index contributed by atoms with van der Waals surface area (Å²) >= 11 is 5.28. The lowest BCUT2D eigenvalue weighted by Gasteiger charge is -2.01. The summed E-state index contributed by atoms with van der Waals surface area (Å²) in [5.74, 6) is 0. The van der Waals surface area contributed by atoms with Crippen molar-refractivity contribution in [2.24, 2.45) is 0 Å². The maximum atomic E-state index is 9.03. The predicted octanol–water partition coefficient (Wildman–Crippen LogP) is 3.54. The number of imidazole rings is 1. The van der Waals surface area contributed by atoms with Crippen molar-refractivity contribution in [2.45, 2.75) is 19.9 Å². The van der Waals surface area contributed by atoms with E-state index in [1.165, 1.54) is 0 Å². The molecule has 1 aromatic carbocycles. The quantitative estimate of drug-likeness (QED) is 0.662. The lowest BCUT2D eigenvalue weighted by atomic mass is 10.2. The third kappa shape index (κ3) is 2.15. The summed E-state index contributed by atoms with van der Waals surface area (Å²) in [4.78, 5) is 3.10. The van der Waals surface area contributed by atoms with Gasteiger partial charge in [0.2, 0.25) is 0 Å². The maximum Gasteiger partial charge on any atom is 0.178 e. The Morgan fingerprint density at radius 3 is 3.06 bits per heavy atom. The molecular formula is C13H13N3S. The Kier molecular flexibility index (Phi) is 3.40. The summed E-state index contributed by atoms with van der Waals surface area (Å²) in [6.07, 6.45) is 5.07. The molecule has 1 N–H and O–H groups in total. The van der Waals surface area contributed by atoms with Crippen LogP contribution < -0.4 is 0 Å². The number of nitriles is 1. The lowest BCUT2D eigenvalue weighted by molar-refractivity contribution is 0.720. The average Bonchev–Trinajstić information content (AvgIpc) is 2.66. The van der Waals surface area contributed by atoms with Crippen molar-refractivity contribution in [2.75, 3.05) is 0 Å². The number of nitrogens with one attached hydrogen (secondary N) is 1. The molecule has 0 aliphatic carbocycles. The number of hydrogen-bond donors (Lipinski definition) is 1. The molecule has 0 amide bonds. The first-order valence-electron chi connectivity index (χ1n) is 5.50. The minimum atomic E-state index is 0.637. The lowest BCUT2D eigenvalue weighted by Crippen LogP contribution is -1.96. The summed E-state index contributed by atoms with van der Waals surface area (Å²) in [5, 5.41) is 9.03. The zero-order valence-corrected chi connectivity index (χ0v) is 10.4. The Labute approximate surface area is 105 Å². The van der Waals surface area contributed by atoms with Crippen LogP contribution in [0.5, 0.6) is 0 Å². The Hall–Kier alpha value is -1.86. The van der Waals surface area contributed by atoms with Gasteiger partial charge in [0.1, 0.15) is 6.07 Å². The second-order valence-corrected chi connectivity index (χ2v) is 4.14. The second-order valence-electron chi connectivity index (χ2n) is 3.75. The number of H-pyrrole nitrogens is 1. The van der Waals surface area contributed by atoms with Gasteiger partial charge in [-0.05, 0) is 37.7 Å². The van der Waals surface area contributed by atoms with Crippen LogP contribution in [0, 0.1) is 16.1 Å². The van der Waals surface area contributed by atoms with Gasteiger partial charge in [0, 0.05) is 6.54 Å². The second kappa shape index (κ2) is 4.98. The Balaban J connectivity index is 2.53. The zero-order valence-electron chi connectivity index (χ0n) is 9.60. The van der Waals surface area contributed by atoms with E-state index >= 15 is 0 Å². The van der Waals surface area contributed by atoms with Crippen LogP contribution in [0.1, 0.15) is 18.9 Å². The van der Waals surface area contributed by atoms with Gasteiger partial charge in [-0.15, -0.1) is 0 Å². The highest BCUT2D eigenvalue weighted by Crippen LogP contribution is 2.18. The fourth-order valence-electron chi connectivity index (χ4n) is 1.87. The monoisotopic (exact) mass is 243 g/mol. The van der Waals surface area contributed by atoms with Crippen molar-refractivity contribution < 1.29 is 0 Å². The third-order valence-corrected chi connectivity index (χ3v) is 3.01. The number of nitrogens with zero attached hydrogens (tertiary/aromatic N) is 2. The van der Waals surface area contributed by atoms with Crippen molar-refractivity contribution in [3.63, 3.8) is 0 Å². The van der Waals surface area contributed by atoms with Crippen molar-refractivity contribution in [1.82, 2.24) is 9.55 Å². The highest BCUT2D eigenvalue weighted by molar-refractivity contribution is 7.71. The van der Waals surface area contributed by atoms with Crippen LogP contribution in [0.4, 0.5) is 0 Å². The van der Waals surface area contributed by atoms with Crippen LogP contribution in [-0.4, -0.2) is 9.55 Å². The molecule has 2 aromatic rings. The highest BCUT2D eigenvalue weighted by atomic mass is 32.1. The summed E-state index contributed by atoms with van der Waals surface area (Å²) < 4.78 is 2.71. The smallest absolute Gasteiger partial charge is 0.178 e. The van der Waals surface area contributed by atoms with Crippen molar-refractivity contribution in [3.05, 3.63) is 40.7 Å². The summed E-state index contributed by atoms with van der Waals surface area (Å²) in [6.45, 7) is 2.83. The SMILES string of the molecule is C/C=C/CCn1c(=S)[nH]c2c(C#N)cccc21. The molecule has 0 bridgehead atoms. The molecule has 1 aromatic heterocycles. The number of allylic oxidation sites excluding steroid dienone is 2. The number of aromatic amines is 1. The molecule has 0 spiro atoms. The van der Waals surface area contributed by atoms with E-state index in [0.717, 1.165) is 24.0 Å². The molecule has 2 rings (SSSR count). The largest absolute Gasteiger partial charge is 0.329 e. The van der Waals surface area contributed by atoms with Gasteiger partial charge in [0.25, 0.3) is 0 Å². The molecular weight excluding hydrogens is 230 g/mol. The van der Waals surface area contributed by atoms with Crippen LogP contribution in [-0.2, 0) is 6.54 Å². The van der Waals surface area contributed by atoms with E-state index in [2.05, 4.69) is 17.1 Å². The van der Waals surface area contributed by atoms with Gasteiger partial charge in [-0.3, -0.25) is 0 Å². The molecule has 17 heavy (non-hydrogen) atoms. The molecule has 0 fully saturated rings. The summed E-state index contributed by atoms with van der Waals surface area (Å²) in [7, 11) is 0. The van der Waals surface area contributed by atoms with Crippen molar-refractivity contribution >= 4 is 23.3 Å². The molecule has 0 saturated carbocycles. The molecule has 0 aliphatic rings. The number of aromatic nitrogens is 2. The Bertz CT molecular complexity index is 655. The summed E-state index contributed by atoms with van der Waals surface area (Å²) in [5.41, 5.74) is 2.47. The van der Waals surface area contributed by atoms with E-state index in [4.69, 9.17) is 17.5 Å². The van der Waals surface area contributed by atoms with E-state index in [-0.39, 0.29) is 0 Å². The number of hydrogen-bond acceptors (Lipinski definition) is 2. The van der Waals surface area contributed by atoms with Crippen LogP contribution >= 0.6 is 12.2 Å². The van der Waals surface area contributed by atoms with Crippen LogP contribution in [0.25, 0.3) is 11.0 Å². The van der Waals surface area contributed by atoms with Gasteiger partial charge in [-0.25, -0.2) is 0 Å². The van der Waals surface area contributed by atoms with E-state index in [1.54, 1.807) is 6.07 Å². The van der Waals surface area contributed by atoms with Gasteiger partial charge in [0.05, 0.1) is 16.6 Å². The fourth-order valence-corrected chi connectivity index (χ4v) is 2.16. The molecule has 3 nitrogen and oxygen atoms in total. The average molecular weight is 243 g/mol. The molecule has 0 aliphatic heterocycles. The molecule has 86 valence electrons. The van der Waals surface area contributed by atoms with Gasteiger partial charge < -0.3 is 9.55 Å². The summed E-state index contributed by atoms with van der Waals surface area (Å²) in [6, 6.07) is 7.84. The van der Waals surface area contributed by atoms with Crippen LogP contribution in [0.2, 0.25) is 0 Å². The Morgan fingerprint density at radius 2 is 2.35 bits per heavy atom. The van der Waals surface area contributed by atoms with Crippen molar-refractivity contribution in [3.8, 4) is 6.07 Å². The molecule has 0 unspecified atom stereocenters. The van der Waals surface area contributed by atoms with Crippen molar-refractivity contribution in [1.29, 1.82) is 5.26 Å². The number of aryl methyl sites for hydroxylation is 1. The maximum absolute atomic E-state index is 9.03. The first-order chi connectivity index (χ1) is 8.27. The van der Waals surface area contributed by atoms with Gasteiger partial charge in [-0.2, -0.15) is 5.26 Å². The number of benzene rings is 1. The van der Waals surface area contributed by atoms with E-state index in [1.807, 2.05) is 29.7 Å². The third-order valence-electron chi connectivity index (χ3n) is 2.69. The Morgan fingerprint density at radius 1 is 1.53 bits per heavy atom. The van der Waals surface area contributed by atoms with Gasteiger partial charge in [0.15, 0.2) is 4.77 Å². The van der Waals surface area contributed by atoms with E-state index in [0.29, 0.717) is 10.3 Å². The van der Waals surface area contributed by atoms with Gasteiger partial charge in [-0.1, -0.05) is 18.2 Å². The number of fused-ring (bicyclic) bond motifs is 1. The molecule has 0 radical (unpaired) electrons. The topological polar surface area (TPSA) is 44.5 Å².